The van der Waals surface area contributed by atoms with Gasteiger partial charge in [-0.25, -0.2) is 9.97 Å². The lowest BCUT2D eigenvalue weighted by atomic mass is 10.1. The maximum absolute atomic E-state index is 10.3. The zero-order valence-corrected chi connectivity index (χ0v) is 14.2. The van der Waals surface area contributed by atoms with Gasteiger partial charge in [-0.2, -0.15) is 0 Å². The number of imidazole rings is 1. The molecule has 0 spiro atoms. The van der Waals surface area contributed by atoms with Crippen molar-refractivity contribution in [1.82, 2.24) is 19.7 Å². The highest BCUT2D eigenvalue weighted by Gasteiger charge is 2.10. The minimum atomic E-state index is -0.573. The number of nitrogens with zero attached hydrogens (tertiary/aromatic N) is 3. The summed E-state index contributed by atoms with van der Waals surface area (Å²) >= 11 is 0. The van der Waals surface area contributed by atoms with Crippen LogP contribution >= 0.6 is 0 Å². The molecule has 6 nitrogen and oxygen atoms in total. The zero-order chi connectivity index (χ0) is 17.1. The lowest BCUT2D eigenvalue weighted by Gasteiger charge is -2.13. The van der Waals surface area contributed by atoms with E-state index in [1.54, 1.807) is 7.11 Å². The van der Waals surface area contributed by atoms with E-state index in [9.17, 15) is 5.11 Å². The van der Waals surface area contributed by atoms with Crippen LogP contribution in [0, 0.1) is 13.8 Å². The van der Waals surface area contributed by atoms with Gasteiger partial charge in [0.1, 0.15) is 5.75 Å². The summed E-state index contributed by atoms with van der Waals surface area (Å²) in [7, 11) is 1.63. The second-order valence-corrected chi connectivity index (χ2v) is 5.84. The molecule has 0 saturated heterocycles. The molecule has 0 radical (unpaired) electrons. The number of methoxy groups -OCH3 is 1. The van der Waals surface area contributed by atoms with E-state index in [0.717, 1.165) is 28.4 Å². The first-order valence-electron chi connectivity index (χ1n) is 7.92. The lowest BCUT2D eigenvalue weighted by molar-refractivity contribution is 0.174. The molecule has 3 aromatic rings. The zero-order valence-electron chi connectivity index (χ0n) is 14.2. The van der Waals surface area contributed by atoms with Crippen LogP contribution in [0.25, 0.3) is 5.78 Å². The first-order chi connectivity index (χ1) is 11.6. The number of nitrogens with one attached hydrogen (secondary N) is 1. The van der Waals surface area contributed by atoms with Crippen LogP contribution in [0.15, 0.2) is 36.5 Å². The molecule has 2 aromatic heterocycles. The van der Waals surface area contributed by atoms with Gasteiger partial charge >= 0.3 is 0 Å². The molecule has 0 saturated carbocycles. The molecule has 6 heteroatoms. The van der Waals surface area contributed by atoms with Crippen LogP contribution in [0.3, 0.4) is 0 Å². The van der Waals surface area contributed by atoms with Crippen LogP contribution in [-0.2, 0) is 6.54 Å². The maximum atomic E-state index is 10.3. The van der Waals surface area contributed by atoms with Gasteiger partial charge in [-0.05, 0) is 37.6 Å². The van der Waals surface area contributed by atoms with Gasteiger partial charge in [-0.3, -0.25) is 4.40 Å². The third kappa shape index (κ3) is 3.39. The highest BCUT2D eigenvalue weighted by atomic mass is 16.5. The monoisotopic (exact) mass is 326 g/mol. The topological polar surface area (TPSA) is 71.7 Å². The minimum Gasteiger partial charge on any atom is -0.497 e. The maximum Gasteiger partial charge on any atom is 0.234 e. The number of hydrogen-bond acceptors (Lipinski definition) is 5. The molecule has 126 valence electrons. The van der Waals surface area contributed by atoms with Crippen LogP contribution < -0.4 is 10.1 Å². The average molecular weight is 326 g/mol. The molecule has 1 atom stereocenters. The molecule has 0 amide bonds. The van der Waals surface area contributed by atoms with E-state index in [2.05, 4.69) is 15.3 Å². The van der Waals surface area contributed by atoms with Crippen molar-refractivity contribution in [2.75, 3.05) is 13.7 Å². The van der Waals surface area contributed by atoms with Gasteiger partial charge in [0.2, 0.25) is 5.78 Å². The molecule has 0 fully saturated rings. The van der Waals surface area contributed by atoms with E-state index in [0.29, 0.717) is 18.9 Å². The molecule has 0 aliphatic rings. The Morgan fingerprint density at radius 2 is 2.00 bits per heavy atom. The third-order valence-electron chi connectivity index (χ3n) is 4.01. The van der Waals surface area contributed by atoms with Gasteiger partial charge in [0, 0.05) is 24.5 Å². The molecule has 2 heterocycles. The number of benzene rings is 1. The fraction of sp³-hybridized carbons (Fsp3) is 0.333. The molecular weight excluding hydrogens is 304 g/mol. The molecule has 0 bridgehead atoms. The second-order valence-electron chi connectivity index (χ2n) is 5.84. The first kappa shape index (κ1) is 16.4. The Morgan fingerprint density at radius 1 is 1.25 bits per heavy atom. The quantitative estimate of drug-likeness (QED) is 0.726. The van der Waals surface area contributed by atoms with Crippen molar-refractivity contribution in [3.05, 3.63) is 59.2 Å². The predicted octanol–water partition coefficient (Wildman–Crippen LogP) is 2.18. The summed E-state index contributed by atoms with van der Waals surface area (Å²) in [4.78, 5) is 8.78. The summed E-state index contributed by atoms with van der Waals surface area (Å²) in [6.07, 6.45) is 1.25. The number of rotatable bonds is 6. The van der Waals surface area contributed by atoms with Crippen molar-refractivity contribution in [2.45, 2.75) is 26.5 Å². The average Bonchev–Trinajstić information content (AvgIpc) is 2.98. The van der Waals surface area contributed by atoms with Crippen molar-refractivity contribution >= 4 is 5.78 Å². The van der Waals surface area contributed by atoms with Crippen molar-refractivity contribution in [3.8, 4) is 5.75 Å². The van der Waals surface area contributed by atoms with Crippen LogP contribution in [0.2, 0.25) is 0 Å². The highest BCUT2D eigenvalue weighted by molar-refractivity contribution is 5.35. The van der Waals surface area contributed by atoms with Gasteiger partial charge in [-0.1, -0.05) is 12.1 Å². The van der Waals surface area contributed by atoms with E-state index < -0.39 is 6.10 Å². The number of ether oxygens (including phenoxy) is 1. The van der Waals surface area contributed by atoms with Crippen LogP contribution in [0.1, 0.15) is 28.7 Å². The summed E-state index contributed by atoms with van der Waals surface area (Å²) in [5.74, 6) is 1.49. The molecule has 24 heavy (non-hydrogen) atoms. The summed E-state index contributed by atoms with van der Waals surface area (Å²) in [6.45, 7) is 5.07. The Labute approximate surface area is 141 Å². The van der Waals surface area contributed by atoms with Crippen LogP contribution in [0.5, 0.6) is 5.75 Å². The Kier molecular flexibility index (Phi) is 4.78. The summed E-state index contributed by atoms with van der Waals surface area (Å²) in [6, 6.07) is 9.47. The van der Waals surface area contributed by atoms with Gasteiger partial charge in [0.05, 0.1) is 25.1 Å². The Balaban J connectivity index is 1.63. The van der Waals surface area contributed by atoms with Crippen molar-refractivity contribution < 1.29 is 9.84 Å². The second kappa shape index (κ2) is 6.98. The number of fused-ring (bicyclic) bond motifs is 1. The molecule has 1 aromatic carbocycles. The molecule has 0 aliphatic carbocycles. The third-order valence-corrected chi connectivity index (χ3v) is 4.01. The van der Waals surface area contributed by atoms with Gasteiger partial charge in [-0.15, -0.1) is 0 Å². The Hall–Kier alpha value is -2.44. The number of hydrogen-bond donors (Lipinski definition) is 2. The number of aliphatic hydroxyl groups excluding tert-OH is 1. The van der Waals surface area contributed by atoms with Gasteiger partial charge in [0.25, 0.3) is 0 Å². The molecule has 3 rings (SSSR count). The summed E-state index contributed by atoms with van der Waals surface area (Å²) < 4.78 is 7.15. The van der Waals surface area contributed by atoms with Crippen molar-refractivity contribution in [2.24, 2.45) is 0 Å². The normalized spacial score (nSPS) is 12.5. The van der Waals surface area contributed by atoms with Crippen molar-refractivity contribution in [3.63, 3.8) is 0 Å². The Bertz CT molecular complexity index is 827. The van der Waals surface area contributed by atoms with Crippen LogP contribution in [0.4, 0.5) is 0 Å². The molecule has 0 aliphatic heterocycles. The molecule has 2 N–H and O–H groups in total. The standard InChI is InChI=1S/C18H22N4O2/c1-12-8-13(2)22-15(10-20-18(22)21-12)9-19-11-17(23)14-4-6-16(24-3)7-5-14/h4-8,10,17,19,23H,9,11H2,1-3H3. The lowest BCUT2D eigenvalue weighted by Crippen LogP contribution is -2.22. The summed E-state index contributed by atoms with van der Waals surface area (Å²) in [5, 5.41) is 13.6. The SMILES string of the molecule is COc1ccc(C(O)CNCc2cnc3nc(C)cc(C)n23)cc1. The van der Waals surface area contributed by atoms with E-state index >= 15 is 0 Å². The number of aryl methyl sites for hydroxylation is 2. The number of aliphatic hydroxyl groups is 1. The van der Waals surface area contributed by atoms with Crippen molar-refractivity contribution in [1.29, 1.82) is 0 Å². The van der Waals surface area contributed by atoms with E-state index in [-0.39, 0.29) is 0 Å². The van der Waals surface area contributed by atoms with E-state index in [1.165, 1.54) is 0 Å². The fourth-order valence-electron chi connectivity index (χ4n) is 2.80. The van der Waals surface area contributed by atoms with Gasteiger partial charge < -0.3 is 15.2 Å². The van der Waals surface area contributed by atoms with E-state index in [1.807, 2.05) is 54.8 Å². The summed E-state index contributed by atoms with van der Waals surface area (Å²) in [5.41, 5.74) is 3.94. The smallest absolute Gasteiger partial charge is 0.234 e. The number of aromatic nitrogens is 3. The largest absolute Gasteiger partial charge is 0.497 e. The highest BCUT2D eigenvalue weighted by Crippen LogP contribution is 2.17. The van der Waals surface area contributed by atoms with Gasteiger partial charge in [0.15, 0.2) is 0 Å². The predicted molar refractivity (Wildman–Crippen MR) is 92.1 cm³/mol. The first-order valence-corrected chi connectivity index (χ1v) is 7.92. The van der Waals surface area contributed by atoms with E-state index in [4.69, 9.17) is 4.74 Å². The Morgan fingerprint density at radius 3 is 2.71 bits per heavy atom. The molecular formula is C18H22N4O2. The molecule has 1 unspecified atom stereocenters. The minimum absolute atomic E-state index is 0.456. The van der Waals surface area contributed by atoms with Crippen LogP contribution in [-0.4, -0.2) is 33.1 Å². The fourth-order valence-corrected chi connectivity index (χ4v) is 2.80.